The molecule has 1 aromatic heterocycles. The zero-order valence-electron chi connectivity index (χ0n) is 19.6. The number of benzene rings is 2. The second-order valence-corrected chi connectivity index (χ2v) is 9.83. The number of aliphatic hydroxyl groups is 1. The van der Waals surface area contributed by atoms with Gasteiger partial charge in [0, 0.05) is 30.6 Å². The van der Waals surface area contributed by atoms with E-state index in [4.69, 9.17) is 21.1 Å². The number of nitrogens with zero attached hydrogens (tertiary/aromatic N) is 2. The number of hydroxylamine groups is 2. The van der Waals surface area contributed by atoms with Crippen LogP contribution in [0.5, 0.6) is 11.6 Å². The summed E-state index contributed by atoms with van der Waals surface area (Å²) in [6, 6.07) is 19.8. The van der Waals surface area contributed by atoms with Crippen LogP contribution in [-0.4, -0.2) is 43.5 Å². The molecule has 1 N–H and O–H groups in total. The molecule has 0 radical (unpaired) electrons. The van der Waals surface area contributed by atoms with Gasteiger partial charge in [-0.2, -0.15) is 5.06 Å². The Morgan fingerprint density at radius 3 is 2.35 bits per heavy atom. The maximum absolute atomic E-state index is 12.2. The van der Waals surface area contributed by atoms with Gasteiger partial charge in [0.2, 0.25) is 5.88 Å². The highest BCUT2D eigenvalue weighted by atomic mass is 79.9. The molecule has 1 aliphatic carbocycles. The lowest BCUT2D eigenvalue weighted by atomic mass is 9.72. The first-order valence-electron chi connectivity index (χ1n) is 11.0. The Balaban J connectivity index is 0.000000499. The van der Waals surface area contributed by atoms with Crippen molar-refractivity contribution in [2.24, 2.45) is 0 Å². The van der Waals surface area contributed by atoms with E-state index in [2.05, 4.69) is 37.9 Å². The molecule has 3 atom stereocenters. The Labute approximate surface area is 213 Å². The smallest absolute Gasteiger partial charge is 0.224 e. The van der Waals surface area contributed by atoms with Gasteiger partial charge in [0.05, 0.1) is 19.8 Å². The number of methoxy groups -OCH3 is 1. The summed E-state index contributed by atoms with van der Waals surface area (Å²) in [5.74, 6) is 0.779. The normalized spacial score (nSPS) is 24.6. The van der Waals surface area contributed by atoms with Gasteiger partial charge in [-0.15, -0.1) is 0 Å². The molecule has 6 nitrogen and oxygen atoms in total. The minimum Gasteiger partial charge on any atom is -0.481 e. The lowest BCUT2D eigenvalue weighted by molar-refractivity contribution is -0.106. The molecule has 2 aromatic carbocycles. The Kier molecular flexibility index (Phi) is 7.22. The van der Waals surface area contributed by atoms with Crippen LogP contribution in [0.1, 0.15) is 35.4 Å². The molecule has 34 heavy (non-hydrogen) atoms. The maximum Gasteiger partial charge on any atom is 0.224 e. The van der Waals surface area contributed by atoms with Crippen LogP contribution in [0, 0.1) is 0 Å². The summed E-state index contributed by atoms with van der Waals surface area (Å²) in [7, 11) is 6.82. The van der Waals surface area contributed by atoms with E-state index in [1.807, 2.05) is 56.6 Å². The summed E-state index contributed by atoms with van der Waals surface area (Å²) in [5.41, 5.74) is 0.309. The van der Waals surface area contributed by atoms with Crippen molar-refractivity contribution in [2.45, 2.75) is 30.0 Å². The average molecular weight is 548 g/mol. The number of ether oxygens (including phenoxy) is 2. The van der Waals surface area contributed by atoms with Crippen molar-refractivity contribution in [3.63, 3.8) is 0 Å². The van der Waals surface area contributed by atoms with E-state index >= 15 is 0 Å². The second kappa shape index (κ2) is 9.84. The van der Waals surface area contributed by atoms with Gasteiger partial charge in [0.25, 0.3) is 0 Å². The number of hydrogen-bond donors (Lipinski definition) is 1. The predicted octanol–water partition coefficient (Wildman–Crippen LogP) is 5.67. The second-order valence-electron chi connectivity index (χ2n) is 8.53. The molecule has 2 heterocycles. The Bertz CT molecular complexity index is 1150. The van der Waals surface area contributed by atoms with Gasteiger partial charge in [-0.05, 0) is 36.1 Å². The van der Waals surface area contributed by atoms with E-state index in [1.165, 1.54) is 7.11 Å². The Hall–Kier alpha value is -2.16. The van der Waals surface area contributed by atoms with Crippen molar-refractivity contribution >= 4 is 27.5 Å². The quantitative estimate of drug-likeness (QED) is 0.335. The molecule has 180 valence electrons. The van der Waals surface area contributed by atoms with E-state index in [-0.39, 0.29) is 11.1 Å². The lowest BCUT2D eigenvalue weighted by Crippen LogP contribution is -2.48. The Morgan fingerprint density at radius 2 is 1.76 bits per heavy atom. The molecule has 1 fully saturated rings. The van der Waals surface area contributed by atoms with Gasteiger partial charge in [-0.25, -0.2) is 4.98 Å². The number of fused-ring (bicyclic) bond motifs is 3. The molecule has 5 rings (SSSR count). The molecular formula is C26H28BrClN2O4. The highest BCUT2D eigenvalue weighted by molar-refractivity contribution is 9.10. The van der Waals surface area contributed by atoms with Crippen molar-refractivity contribution in [3.05, 3.63) is 87.0 Å². The fourth-order valence-corrected chi connectivity index (χ4v) is 5.47. The number of hydrogen-bond acceptors (Lipinski definition) is 6. The molecule has 0 bridgehead atoms. The number of rotatable bonds is 4. The molecule has 0 spiro atoms. The SMILES string of the molecule is CON(C)C.COc1nc(Cl)cc2c1C1(O)CCC(c3ccccc3)C1(c1ccc(Br)cc1)O2. The van der Waals surface area contributed by atoms with Crippen molar-refractivity contribution in [1.29, 1.82) is 0 Å². The van der Waals surface area contributed by atoms with E-state index in [1.54, 1.807) is 18.2 Å². The van der Waals surface area contributed by atoms with Gasteiger partial charge in [-0.3, -0.25) is 0 Å². The summed E-state index contributed by atoms with van der Waals surface area (Å²) in [4.78, 5) is 8.88. The van der Waals surface area contributed by atoms with Crippen molar-refractivity contribution in [3.8, 4) is 11.6 Å². The highest BCUT2D eigenvalue weighted by Crippen LogP contribution is 2.68. The van der Waals surface area contributed by atoms with Gasteiger partial charge in [0.1, 0.15) is 16.5 Å². The van der Waals surface area contributed by atoms with Crippen LogP contribution in [0.4, 0.5) is 0 Å². The van der Waals surface area contributed by atoms with E-state index in [0.29, 0.717) is 23.6 Å². The Morgan fingerprint density at radius 1 is 1.12 bits per heavy atom. The first kappa shape index (κ1) is 24.9. The predicted molar refractivity (Wildman–Crippen MR) is 135 cm³/mol. The molecule has 3 unspecified atom stereocenters. The molecule has 2 aliphatic rings. The van der Waals surface area contributed by atoms with Crippen LogP contribution in [-0.2, 0) is 16.0 Å². The van der Waals surface area contributed by atoms with Crippen molar-refractivity contribution in [2.75, 3.05) is 28.3 Å². The standard InChI is InChI=1S/C23H19BrClNO3.C3H9NO/c1-28-21-20-18(13-19(25)26-21)29-23(15-7-9-16(24)10-8-15)17(11-12-22(20,23)27)14-5-3-2-4-6-14;1-4(2)5-3/h2-10,13,17,27H,11-12H2,1H3;1-3H3. The molecule has 1 saturated carbocycles. The van der Waals surface area contributed by atoms with Gasteiger partial charge >= 0.3 is 0 Å². The lowest BCUT2D eigenvalue weighted by Gasteiger charge is -2.40. The summed E-state index contributed by atoms with van der Waals surface area (Å²) in [6.07, 6.45) is 1.29. The zero-order chi connectivity index (χ0) is 24.5. The van der Waals surface area contributed by atoms with Crippen LogP contribution >= 0.6 is 27.5 Å². The number of aromatic nitrogens is 1. The topological polar surface area (TPSA) is 64.1 Å². The maximum atomic E-state index is 12.2. The molecule has 3 aromatic rings. The van der Waals surface area contributed by atoms with Crippen molar-refractivity contribution < 1.29 is 19.4 Å². The minimum atomic E-state index is -1.29. The van der Waals surface area contributed by atoms with E-state index in [0.717, 1.165) is 22.0 Å². The third-order valence-electron chi connectivity index (χ3n) is 6.54. The molecule has 1 aliphatic heterocycles. The van der Waals surface area contributed by atoms with Gasteiger partial charge in [0.15, 0.2) is 5.60 Å². The first-order chi connectivity index (χ1) is 16.3. The highest BCUT2D eigenvalue weighted by Gasteiger charge is 2.69. The van der Waals surface area contributed by atoms with Crippen LogP contribution < -0.4 is 9.47 Å². The van der Waals surface area contributed by atoms with Crippen LogP contribution in [0.25, 0.3) is 0 Å². The zero-order valence-corrected chi connectivity index (χ0v) is 21.9. The van der Waals surface area contributed by atoms with Gasteiger partial charge in [-0.1, -0.05) is 70.0 Å². The van der Waals surface area contributed by atoms with E-state index < -0.39 is 11.2 Å². The number of halogens is 2. The van der Waals surface area contributed by atoms with Gasteiger partial charge < -0.3 is 19.4 Å². The van der Waals surface area contributed by atoms with Crippen LogP contribution in [0.3, 0.4) is 0 Å². The summed E-state index contributed by atoms with van der Waals surface area (Å²) in [6.45, 7) is 0. The molecule has 0 amide bonds. The number of pyridine rings is 1. The fraction of sp³-hybridized carbons (Fsp3) is 0.346. The third-order valence-corrected chi connectivity index (χ3v) is 7.26. The largest absolute Gasteiger partial charge is 0.481 e. The fourth-order valence-electron chi connectivity index (χ4n) is 5.03. The monoisotopic (exact) mass is 546 g/mol. The summed E-state index contributed by atoms with van der Waals surface area (Å²) >= 11 is 9.72. The summed E-state index contributed by atoms with van der Waals surface area (Å²) < 4.78 is 13.1. The van der Waals surface area contributed by atoms with E-state index in [9.17, 15) is 5.11 Å². The molecule has 0 saturated heterocycles. The van der Waals surface area contributed by atoms with Crippen molar-refractivity contribution in [1.82, 2.24) is 10.0 Å². The van der Waals surface area contributed by atoms with Crippen LogP contribution in [0.15, 0.2) is 65.1 Å². The average Bonchev–Trinajstić information content (AvgIpc) is 3.26. The minimum absolute atomic E-state index is 0.0502. The van der Waals surface area contributed by atoms with Crippen LogP contribution in [0.2, 0.25) is 5.15 Å². The molecular weight excluding hydrogens is 520 g/mol. The first-order valence-corrected chi connectivity index (χ1v) is 12.1. The third kappa shape index (κ3) is 4.10. The molecule has 8 heteroatoms. The summed E-state index contributed by atoms with van der Waals surface area (Å²) in [5, 5.41) is 14.1.